The third kappa shape index (κ3) is 3.15. The first-order valence-electron chi connectivity index (χ1n) is 8.68. The predicted molar refractivity (Wildman–Crippen MR) is 98.5 cm³/mol. The summed E-state index contributed by atoms with van der Waals surface area (Å²) in [6.45, 7) is 0.428. The van der Waals surface area contributed by atoms with Crippen LogP contribution in [-0.4, -0.2) is 30.1 Å². The summed E-state index contributed by atoms with van der Waals surface area (Å²) >= 11 is 0. The molecular weight excluding hydrogens is 328 g/mol. The molecule has 3 heterocycles. The zero-order valence-corrected chi connectivity index (χ0v) is 14.6. The summed E-state index contributed by atoms with van der Waals surface area (Å²) in [6, 6.07) is 13.7. The highest BCUT2D eigenvalue weighted by atomic mass is 16.1. The minimum absolute atomic E-state index is 0.0193. The number of nitrogens with zero attached hydrogens (tertiary/aromatic N) is 5. The number of benzene rings is 1. The fraction of sp³-hybridized carbons (Fsp3) is 0.263. The third-order valence-electron chi connectivity index (χ3n) is 4.51. The Bertz CT molecular complexity index is 1060. The van der Waals surface area contributed by atoms with Crippen molar-refractivity contribution in [3.63, 3.8) is 0 Å². The van der Waals surface area contributed by atoms with E-state index in [0.29, 0.717) is 19.4 Å². The Balaban J connectivity index is 1.30. The number of carbonyl (C=O) groups is 1. The summed E-state index contributed by atoms with van der Waals surface area (Å²) in [4.78, 5) is 16.7. The van der Waals surface area contributed by atoms with Crippen molar-refractivity contribution < 1.29 is 4.79 Å². The van der Waals surface area contributed by atoms with Gasteiger partial charge in [0, 0.05) is 26.1 Å². The molecule has 1 aromatic carbocycles. The van der Waals surface area contributed by atoms with Gasteiger partial charge >= 0.3 is 0 Å². The molecule has 0 fully saturated rings. The fourth-order valence-corrected chi connectivity index (χ4v) is 3.09. The number of nitrogens with one attached hydrogen (secondary N) is 1. The lowest BCUT2D eigenvalue weighted by Gasteiger charge is -2.05. The smallest absolute Gasteiger partial charge is 0.220 e. The van der Waals surface area contributed by atoms with Gasteiger partial charge in [0.25, 0.3) is 0 Å². The predicted octanol–water partition coefficient (Wildman–Crippen LogP) is 2.26. The normalized spacial score (nSPS) is 11.3. The van der Waals surface area contributed by atoms with E-state index in [4.69, 9.17) is 0 Å². The van der Waals surface area contributed by atoms with Gasteiger partial charge in [-0.2, -0.15) is 0 Å². The Morgan fingerprint density at radius 2 is 1.92 bits per heavy atom. The molecule has 1 N–H and O–H groups in total. The largest absolute Gasteiger partial charge is 0.349 e. The number of carbonyl (C=O) groups excluding carboxylic acids is 1. The molecule has 0 saturated carbocycles. The van der Waals surface area contributed by atoms with Crippen LogP contribution in [0.25, 0.3) is 16.7 Å². The van der Waals surface area contributed by atoms with Crippen LogP contribution in [0.4, 0.5) is 0 Å². The molecule has 26 heavy (non-hydrogen) atoms. The van der Waals surface area contributed by atoms with E-state index in [0.717, 1.165) is 34.8 Å². The van der Waals surface area contributed by atoms with Gasteiger partial charge in [-0.1, -0.05) is 18.2 Å². The highest BCUT2D eigenvalue weighted by Gasteiger charge is 2.10. The van der Waals surface area contributed by atoms with Crippen LogP contribution < -0.4 is 5.32 Å². The van der Waals surface area contributed by atoms with Crippen LogP contribution >= 0.6 is 0 Å². The van der Waals surface area contributed by atoms with Crippen LogP contribution in [0, 0.1) is 0 Å². The SMILES string of the molecule is Cn1c(CNC(=O)CCCc2nnc3ccccn23)nc2ccccc21. The number of para-hydroxylation sites is 2. The van der Waals surface area contributed by atoms with Crippen molar-refractivity contribution in [3.05, 3.63) is 60.3 Å². The average molecular weight is 348 g/mol. The molecule has 0 radical (unpaired) electrons. The number of imidazole rings is 1. The van der Waals surface area contributed by atoms with Crippen LogP contribution in [0.2, 0.25) is 0 Å². The van der Waals surface area contributed by atoms with Gasteiger partial charge in [-0.3, -0.25) is 9.20 Å². The summed E-state index contributed by atoms with van der Waals surface area (Å²) in [5, 5.41) is 11.3. The second-order valence-corrected chi connectivity index (χ2v) is 6.25. The van der Waals surface area contributed by atoms with E-state index in [2.05, 4.69) is 20.5 Å². The van der Waals surface area contributed by atoms with E-state index >= 15 is 0 Å². The Morgan fingerprint density at radius 3 is 2.81 bits per heavy atom. The number of pyridine rings is 1. The first-order chi connectivity index (χ1) is 12.7. The highest BCUT2D eigenvalue weighted by Crippen LogP contribution is 2.14. The molecule has 7 nitrogen and oxygen atoms in total. The number of hydrogen-bond acceptors (Lipinski definition) is 4. The van der Waals surface area contributed by atoms with Crippen LogP contribution in [0.5, 0.6) is 0 Å². The summed E-state index contributed by atoms with van der Waals surface area (Å²) in [5.41, 5.74) is 2.84. The number of rotatable bonds is 6. The lowest BCUT2D eigenvalue weighted by molar-refractivity contribution is -0.121. The molecule has 0 unspecified atom stereocenters. The standard InChI is InChI=1S/C19H20N6O/c1-24-15-8-3-2-7-14(15)21-18(24)13-20-19(26)11-6-10-17-23-22-16-9-4-5-12-25(16)17/h2-5,7-9,12H,6,10-11,13H2,1H3,(H,20,26). The minimum atomic E-state index is 0.0193. The van der Waals surface area contributed by atoms with E-state index in [-0.39, 0.29) is 5.91 Å². The fourth-order valence-electron chi connectivity index (χ4n) is 3.09. The summed E-state index contributed by atoms with van der Waals surface area (Å²) < 4.78 is 3.97. The monoisotopic (exact) mass is 348 g/mol. The van der Waals surface area contributed by atoms with Crippen molar-refractivity contribution in [2.24, 2.45) is 7.05 Å². The van der Waals surface area contributed by atoms with Gasteiger partial charge in [-0.15, -0.1) is 10.2 Å². The summed E-state index contributed by atoms with van der Waals surface area (Å²) in [5.74, 6) is 1.75. The Morgan fingerprint density at radius 1 is 1.08 bits per heavy atom. The van der Waals surface area contributed by atoms with Crippen LogP contribution in [0.3, 0.4) is 0 Å². The van der Waals surface area contributed by atoms with Crippen molar-refractivity contribution in [2.45, 2.75) is 25.8 Å². The molecule has 0 saturated heterocycles. The van der Waals surface area contributed by atoms with Gasteiger partial charge in [0.1, 0.15) is 11.6 Å². The molecule has 0 aliphatic rings. The van der Waals surface area contributed by atoms with E-state index in [1.807, 2.05) is 64.7 Å². The van der Waals surface area contributed by atoms with E-state index in [9.17, 15) is 4.79 Å². The summed E-state index contributed by atoms with van der Waals surface area (Å²) in [6.07, 6.45) is 3.83. The maximum atomic E-state index is 12.1. The van der Waals surface area contributed by atoms with Gasteiger partial charge in [0.15, 0.2) is 5.65 Å². The minimum Gasteiger partial charge on any atom is -0.349 e. The van der Waals surface area contributed by atoms with Gasteiger partial charge in [-0.05, 0) is 30.7 Å². The molecule has 0 bridgehead atoms. The zero-order valence-electron chi connectivity index (χ0n) is 14.6. The second kappa shape index (κ2) is 6.95. The maximum Gasteiger partial charge on any atom is 0.220 e. The molecule has 4 rings (SSSR count). The number of fused-ring (bicyclic) bond motifs is 2. The summed E-state index contributed by atoms with van der Waals surface area (Å²) in [7, 11) is 1.97. The van der Waals surface area contributed by atoms with Crippen molar-refractivity contribution in [3.8, 4) is 0 Å². The lowest BCUT2D eigenvalue weighted by Crippen LogP contribution is -2.24. The first-order valence-corrected chi connectivity index (χ1v) is 8.68. The molecule has 1 amide bonds. The van der Waals surface area contributed by atoms with E-state index < -0.39 is 0 Å². The van der Waals surface area contributed by atoms with Crippen molar-refractivity contribution in [2.75, 3.05) is 0 Å². The highest BCUT2D eigenvalue weighted by molar-refractivity contribution is 5.77. The molecule has 7 heteroatoms. The number of aryl methyl sites for hydroxylation is 2. The lowest BCUT2D eigenvalue weighted by atomic mass is 10.2. The van der Waals surface area contributed by atoms with Crippen molar-refractivity contribution >= 4 is 22.6 Å². The van der Waals surface area contributed by atoms with Crippen LogP contribution in [-0.2, 0) is 24.8 Å². The molecule has 0 aliphatic carbocycles. The molecule has 132 valence electrons. The first kappa shape index (κ1) is 16.3. The number of amides is 1. The number of aromatic nitrogens is 5. The molecule has 4 aromatic rings. The van der Waals surface area contributed by atoms with Crippen LogP contribution in [0.1, 0.15) is 24.5 Å². The Labute approximate surface area is 150 Å². The maximum absolute atomic E-state index is 12.1. The third-order valence-corrected chi connectivity index (χ3v) is 4.51. The van der Waals surface area contributed by atoms with Gasteiger partial charge in [0.05, 0.1) is 17.6 Å². The molecule has 3 aromatic heterocycles. The quantitative estimate of drug-likeness (QED) is 0.580. The Kier molecular flexibility index (Phi) is 4.35. The van der Waals surface area contributed by atoms with Gasteiger partial charge < -0.3 is 9.88 Å². The second-order valence-electron chi connectivity index (χ2n) is 6.25. The molecule has 0 atom stereocenters. The topological polar surface area (TPSA) is 77.1 Å². The zero-order chi connectivity index (χ0) is 17.9. The van der Waals surface area contributed by atoms with Crippen LogP contribution in [0.15, 0.2) is 48.7 Å². The molecule has 0 aliphatic heterocycles. The van der Waals surface area contributed by atoms with Gasteiger partial charge in [-0.25, -0.2) is 4.98 Å². The van der Waals surface area contributed by atoms with Crippen molar-refractivity contribution in [1.29, 1.82) is 0 Å². The molecular formula is C19H20N6O. The average Bonchev–Trinajstić information content (AvgIpc) is 3.22. The van der Waals surface area contributed by atoms with Crippen molar-refractivity contribution in [1.82, 2.24) is 29.5 Å². The van der Waals surface area contributed by atoms with E-state index in [1.165, 1.54) is 0 Å². The van der Waals surface area contributed by atoms with E-state index in [1.54, 1.807) is 0 Å². The van der Waals surface area contributed by atoms with Gasteiger partial charge in [0.2, 0.25) is 5.91 Å². The number of hydrogen-bond donors (Lipinski definition) is 1. The Hall–Kier alpha value is -3.22. The molecule has 0 spiro atoms.